The Balaban J connectivity index is 1.57. The molecule has 1 saturated heterocycles. The molecule has 1 aliphatic rings. The van der Waals surface area contributed by atoms with E-state index >= 15 is 0 Å². The monoisotopic (exact) mass is 512 g/mol. The predicted octanol–water partition coefficient (Wildman–Crippen LogP) is 6.25. The van der Waals surface area contributed by atoms with Gasteiger partial charge in [0.15, 0.2) is 0 Å². The molecule has 1 heterocycles. The summed E-state index contributed by atoms with van der Waals surface area (Å²) < 4.78 is 28.1. The van der Waals surface area contributed by atoms with Crippen molar-refractivity contribution in [3.05, 3.63) is 94.5 Å². The number of aryl methyl sites for hydroxylation is 2. The van der Waals surface area contributed by atoms with E-state index < -0.39 is 10.0 Å². The minimum atomic E-state index is -3.52. The SMILES string of the molecule is CCc1ccc(S(=O)(=O)N2CCC(N(C(=S)c3ccccc3Cl)c3ccc(C)cc3)CC2)cc1. The normalized spacial score (nSPS) is 15.3. The molecule has 3 aromatic carbocycles. The van der Waals surface area contributed by atoms with E-state index in [0.29, 0.717) is 40.8 Å². The standard InChI is InChI=1S/C27H29ClN2O2S2/c1-3-21-10-14-24(15-11-21)34(31,32)29-18-16-23(17-19-29)30(22-12-8-20(2)9-13-22)27(33)25-6-4-5-7-26(25)28/h4-15,23H,3,16-19H2,1-2H3. The first-order valence-corrected chi connectivity index (χ1v) is 13.8. The van der Waals surface area contributed by atoms with E-state index in [2.05, 4.69) is 43.0 Å². The molecule has 1 aliphatic heterocycles. The highest BCUT2D eigenvalue weighted by molar-refractivity contribution is 7.89. The topological polar surface area (TPSA) is 40.6 Å². The summed E-state index contributed by atoms with van der Waals surface area (Å²) in [5.41, 5.74) is 4.10. The lowest BCUT2D eigenvalue weighted by Gasteiger charge is -2.39. The van der Waals surface area contributed by atoms with Crippen LogP contribution < -0.4 is 4.90 Å². The van der Waals surface area contributed by atoms with Crippen LogP contribution >= 0.6 is 23.8 Å². The van der Waals surface area contributed by atoms with Gasteiger partial charge in [-0.3, -0.25) is 0 Å². The molecule has 0 aromatic heterocycles. The number of hydrogen-bond acceptors (Lipinski definition) is 3. The van der Waals surface area contributed by atoms with Crippen molar-refractivity contribution in [1.82, 2.24) is 4.31 Å². The fourth-order valence-corrected chi connectivity index (χ4v) is 6.53. The molecule has 1 fully saturated rings. The summed E-state index contributed by atoms with van der Waals surface area (Å²) in [7, 11) is -3.52. The van der Waals surface area contributed by atoms with E-state index in [4.69, 9.17) is 23.8 Å². The number of piperidine rings is 1. The maximum atomic E-state index is 13.2. The van der Waals surface area contributed by atoms with Crippen molar-refractivity contribution in [1.29, 1.82) is 0 Å². The molecule has 4 nitrogen and oxygen atoms in total. The van der Waals surface area contributed by atoms with Crippen LogP contribution in [-0.4, -0.2) is 36.8 Å². The number of thiocarbonyl (C=S) groups is 1. The van der Waals surface area contributed by atoms with Crippen molar-refractivity contribution >= 4 is 44.5 Å². The molecule has 0 saturated carbocycles. The van der Waals surface area contributed by atoms with Crippen LogP contribution in [0.15, 0.2) is 77.7 Å². The van der Waals surface area contributed by atoms with Crippen molar-refractivity contribution < 1.29 is 8.42 Å². The van der Waals surface area contributed by atoms with Gasteiger partial charge in [-0.2, -0.15) is 4.31 Å². The van der Waals surface area contributed by atoms with Gasteiger partial charge in [-0.15, -0.1) is 0 Å². The van der Waals surface area contributed by atoms with Gasteiger partial charge in [0.1, 0.15) is 4.99 Å². The van der Waals surface area contributed by atoms with Crippen LogP contribution in [0.3, 0.4) is 0 Å². The first-order valence-electron chi connectivity index (χ1n) is 11.5. The summed E-state index contributed by atoms with van der Waals surface area (Å²) in [6, 6.07) is 23.1. The van der Waals surface area contributed by atoms with Crippen LogP contribution in [0.2, 0.25) is 5.02 Å². The number of hydrogen-bond donors (Lipinski definition) is 0. The second-order valence-electron chi connectivity index (χ2n) is 8.62. The third-order valence-electron chi connectivity index (χ3n) is 6.39. The van der Waals surface area contributed by atoms with Crippen molar-refractivity contribution in [3.63, 3.8) is 0 Å². The van der Waals surface area contributed by atoms with E-state index in [0.717, 1.165) is 23.2 Å². The van der Waals surface area contributed by atoms with Crippen LogP contribution in [0.25, 0.3) is 0 Å². The van der Waals surface area contributed by atoms with Crippen molar-refractivity contribution in [2.45, 2.75) is 44.0 Å². The van der Waals surface area contributed by atoms with Gasteiger partial charge >= 0.3 is 0 Å². The number of halogens is 1. The van der Waals surface area contributed by atoms with E-state index in [9.17, 15) is 8.42 Å². The van der Waals surface area contributed by atoms with Crippen LogP contribution in [0.4, 0.5) is 5.69 Å². The van der Waals surface area contributed by atoms with Gasteiger partial charge in [-0.05, 0) is 62.1 Å². The Kier molecular flexibility index (Phi) is 7.73. The average molecular weight is 513 g/mol. The molecule has 7 heteroatoms. The Morgan fingerprint density at radius 1 is 1.00 bits per heavy atom. The van der Waals surface area contributed by atoms with E-state index in [-0.39, 0.29) is 6.04 Å². The number of rotatable bonds is 6. The number of anilines is 1. The maximum Gasteiger partial charge on any atom is 0.243 e. The summed E-state index contributed by atoms with van der Waals surface area (Å²) in [6.07, 6.45) is 2.22. The van der Waals surface area contributed by atoms with Crippen LogP contribution in [0.1, 0.15) is 36.5 Å². The zero-order valence-electron chi connectivity index (χ0n) is 19.4. The number of benzene rings is 3. The van der Waals surface area contributed by atoms with E-state index in [1.54, 1.807) is 16.4 Å². The van der Waals surface area contributed by atoms with Gasteiger partial charge in [0, 0.05) is 30.4 Å². The molecule has 4 rings (SSSR count). The van der Waals surface area contributed by atoms with Crippen molar-refractivity contribution in [2.24, 2.45) is 0 Å². The smallest absolute Gasteiger partial charge is 0.243 e. The molecule has 0 radical (unpaired) electrons. The minimum Gasteiger partial charge on any atom is -0.329 e. The Labute approximate surface area is 213 Å². The molecular formula is C27H29ClN2O2S2. The highest BCUT2D eigenvalue weighted by Crippen LogP contribution is 2.30. The highest BCUT2D eigenvalue weighted by Gasteiger charge is 2.33. The molecule has 178 valence electrons. The maximum absolute atomic E-state index is 13.2. The first-order chi connectivity index (χ1) is 16.3. The van der Waals surface area contributed by atoms with Gasteiger partial charge in [-0.25, -0.2) is 8.42 Å². The fourth-order valence-electron chi connectivity index (χ4n) is 4.35. The molecule has 0 amide bonds. The van der Waals surface area contributed by atoms with Gasteiger partial charge in [0.05, 0.1) is 9.92 Å². The zero-order valence-corrected chi connectivity index (χ0v) is 21.8. The molecule has 0 unspecified atom stereocenters. The van der Waals surface area contributed by atoms with Crippen LogP contribution in [0, 0.1) is 6.92 Å². The van der Waals surface area contributed by atoms with E-state index in [1.807, 2.05) is 36.4 Å². The second kappa shape index (κ2) is 10.6. The lowest BCUT2D eigenvalue weighted by atomic mass is 10.0. The van der Waals surface area contributed by atoms with Crippen molar-refractivity contribution in [2.75, 3.05) is 18.0 Å². The van der Waals surface area contributed by atoms with Gasteiger partial charge in [-0.1, -0.05) is 78.8 Å². The zero-order chi connectivity index (χ0) is 24.3. The van der Waals surface area contributed by atoms with Crippen molar-refractivity contribution in [3.8, 4) is 0 Å². The molecule has 0 bridgehead atoms. The molecule has 0 aliphatic carbocycles. The lowest BCUT2D eigenvalue weighted by molar-refractivity contribution is 0.320. The Bertz CT molecular complexity index is 1250. The minimum absolute atomic E-state index is 0.0698. The predicted molar refractivity (Wildman–Crippen MR) is 144 cm³/mol. The van der Waals surface area contributed by atoms with Crippen LogP contribution in [0.5, 0.6) is 0 Å². The van der Waals surface area contributed by atoms with Gasteiger partial charge in [0.2, 0.25) is 10.0 Å². The van der Waals surface area contributed by atoms with Gasteiger partial charge < -0.3 is 4.90 Å². The van der Waals surface area contributed by atoms with Gasteiger partial charge in [0.25, 0.3) is 0 Å². The third-order valence-corrected chi connectivity index (χ3v) is 9.05. The lowest BCUT2D eigenvalue weighted by Crippen LogP contribution is -2.48. The Morgan fingerprint density at radius 3 is 2.21 bits per heavy atom. The first kappa shape index (κ1) is 24.9. The third kappa shape index (κ3) is 5.20. The van der Waals surface area contributed by atoms with Crippen LogP contribution in [-0.2, 0) is 16.4 Å². The highest BCUT2D eigenvalue weighted by atomic mass is 35.5. The summed E-state index contributed by atoms with van der Waals surface area (Å²) in [5, 5.41) is 0.611. The Morgan fingerprint density at radius 2 is 1.62 bits per heavy atom. The summed E-state index contributed by atoms with van der Waals surface area (Å²) in [4.78, 5) is 3.16. The summed E-state index contributed by atoms with van der Waals surface area (Å²) >= 11 is 12.4. The molecule has 3 aromatic rings. The molecule has 0 atom stereocenters. The Hall–Kier alpha value is -2.25. The average Bonchev–Trinajstić information content (AvgIpc) is 2.86. The molecular weight excluding hydrogens is 484 g/mol. The quantitative estimate of drug-likeness (QED) is 0.366. The number of nitrogens with zero attached hydrogens (tertiary/aromatic N) is 2. The summed E-state index contributed by atoms with van der Waals surface area (Å²) in [5.74, 6) is 0. The molecule has 34 heavy (non-hydrogen) atoms. The fraction of sp³-hybridized carbons (Fsp3) is 0.296. The largest absolute Gasteiger partial charge is 0.329 e. The number of sulfonamides is 1. The molecule has 0 spiro atoms. The summed E-state index contributed by atoms with van der Waals surface area (Å²) in [6.45, 7) is 4.99. The molecule has 0 N–H and O–H groups in total. The van der Waals surface area contributed by atoms with E-state index in [1.165, 1.54) is 5.56 Å². The second-order valence-corrected chi connectivity index (χ2v) is 11.4.